The summed E-state index contributed by atoms with van der Waals surface area (Å²) in [6.45, 7) is 1.12. The lowest BCUT2D eigenvalue weighted by Gasteiger charge is -2.37. The second-order valence-electron chi connectivity index (χ2n) is 6.02. The molecule has 1 saturated heterocycles. The third-order valence-electron chi connectivity index (χ3n) is 4.60. The summed E-state index contributed by atoms with van der Waals surface area (Å²) < 4.78 is 19.1. The smallest absolute Gasteiger partial charge is 0.275 e. The van der Waals surface area contributed by atoms with Crippen LogP contribution >= 0.6 is 11.7 Å². The van der Waals surface area contributed by atoms with E-state index in [0.29, 0.717) is 43.4 Å². The van der Waals surface area contributed by atoms with Gasteiger partial charge in [0.15, 0.2) is 11.5 Å². The van der Waals surface area contributed by atoms with Crippen molar-refractivity contribution in [2.24, 2.45) is 0 Å². The zero-order chi connectivity index (χ0) is 15.9. The highest BCUT2D eigenvalue weighted by Gasteiger charge is 2.43. The van der Waals surface area contributed by atoms with E-state index in [1.165, 1.54) is 6.20 Å². The van der Waals surface area contributed by atoms with Crippen molar-refractivity contribution in [3.05, 3.63) is 23.6 Å². The number of aromatic nitrogens is 4. The van der Waals surface area contributed by atoms with Crippen molar-refractivity contribution < 1.29 is 14.1 Å². The first-order valence-electron chi connectivity index (χ1n) is 7.68. The molecule has 0 atom stereocenters. The third kappa shape index (κ3) is 2.63. The molecule has 8 nitrogen and oxygen atoms in total. The summed E-state index contributed by atoms with van der Waals surface area (Å²) in [7, 11) is 1.66. The maximum atomic E-state index is 12.3. The van der Waals surface area contributed by atoms with Crippen molar-refractivity contribution in [3.8, 4) is 0 Å². The molecule has 2 aliphatic rings. The molecular formula is C14H17N5O3S. The van der Waals surface area contributed by atoms with Gasteiger partial charge >= 0.3 is 0 Å². The highest BCUT2D eigenvalue weighted by atomic mass is 32.1. The minimum atomic E-state index is -0.600. The fourth-order valence-corrected chi connectivity index (χ4v) is 3.33. The molecule has 0 radical (unpaired) electrons. The van der Waals surface area contributed by atoms with Crippen molar-refractivity contribution in [1.29, 1.82) is 0 Å². The lowest BCUT2D eigenvalue weighted by Crippen LogP contribution is -2.46. The molecule has 0 bridgehead atoms. The highest BCUT2D eigenvalue weighted by molar-refractivity contribution is 6.99. The minimum absolute atomic E-state index is 0.0901. The number of methoxy groups -OCH3 is 1. The van der Waals surface area contributed by atoms with Crippen LogP contribution in [0.3, 0.4) is 0 Å². The molecule has 1 saturated carbocycles. The second kappa shape index (κ2) is 5.64. The lowest BCUT2D eigenvalue weighted by molar-refractivity contribution is -0.0779. The van der Waals surface area contributed by atoms with Gasteiger partial charge in [-0.3, -0.25) is 4.79 Å². The third-order valence-corrected chi connectivity index (χ3v) is 5.08. The van der Waals surface area contributed by atoms with Crippen LogP contribution in [0.15, 0.2) is 10.7 Å². The molecule has 3 heterocycles. The van der Waals surface area contributed by atoms with Crippen LogP contribution in [-0.4, -0.2) is 49.9 Å². The molecule has 0 N–H and O–H groups in total. The van der Waals surface area contributed by atoms with Crippen LogP contribution in [0, 0.1) is 0 Å². The van der Waals surface area contributed by atoms with Crippen LogP contribution in [0.25, 0.3) is 0 Å². The monoisotopic (exact) mass is 335 g/mol. The Labute approximate surface area is 137 Å². The Hall–Kier alpha value is -1.87. The molecule has 0 aromatic carbocycles. The SMILES string of the molecule is COC1(c2nc(C3CC3)no2)CCN(C(=O)c2cnsn2)CC1. The van der Waals surface area contributed by atoms with Gasteiger partial charge in [-0.25, -0.2) is 0 Å². The minimum Gasteiger partial charge on any atom is -0.368 e. The van der Waals surface area contributed by atoms with Crippen LogP contribution in [0.2, 0.25) is 0 Å². The zero-order valence-electron chi connectivity index (χ0n) is 12.8. The van der Waals surface area contributed by atoms with E-state index in [1.54, 1.807) is 12.0 Å². The van der Waals surface area contributed by atoms with Gasteiger partial charge in [-0.1, -0.05) is 5.16 Å². The molecule has 1 aliphatic carbocycles. The number of piperidine rings is 1. The van der Waals surface area contributed by atoms with Gasteiger partial charge in [-0.2, -0.15) is 13.7 Å². The lowest BCUT2D eigenvalue weighted by atomic mass is 9.90. The summed E-state index contributed by atoms with van der Waals surface area (Å²) in [5.74, 6) is 1.67. The number of ether oxygens (including phenoxy) is 1. The molecule has 0 spiro atoms. The Bertz CT molecular complexity index is 689. The number of likely N-dealkylation sites (tertiary alicyclic amines) is 1. The van der Waals surface area contributed by atoms with Crippen LogP contribution in [0.4, 0.5) is 0 Å². The first-order valence-corrected chi connectivity index (χ1v) is 8.41. The predicted molar refractivity (Wildman–Crippen MR) is 80.0 cm³/mol. The van der Waals surface area contributed by atoms with Gasteiger partial charge in [0.25, 0.3) is 11.8 Å². The molecule has 9 heteroatoms. The van der Waals surface area contributed by atoms with Crippen molar-refractivity contribution >= 4 is 17.6 Å². The number of carbonyl (C=O) groups excluding carboxylic acids is 1. The van der Waals surface area contributed by atoms with E-state index in [4.69, 9.17) is 9.26 Å². The van der Waals surface area contributed by atoms with Crippen LogP contribution in [-0.2, 0) is 10.3 Å². The molecule has 23 heavy (non-hydrogen) atoms. The number of rotatable bonds is 4. The molecule has 1 aliphatic heterocycles. The fraction of sp³-hybridized carbons (Fsp3) is 0.643. The predicted octanol–water partition coefficient (Wildman–Crippen LogP) is 1.58. The molecule has 2 aromatic heterocycles. The van der Waals surface area contributed by atoms with Crippen molar-refractivity contribution in [2.75, 3.05) is 20.2 Å². The maximum absolute atomic E-state index is 12.3. The maximum Gasteiger partial charge on any atom is 0.275 e. The van der Waals surface area contributed by atoms with Gasteiger partial charge in [0.2, 0.25) is 0 Å². The van der Waals surface area contributed by atoms with Crippen LogP contribution in [0.5, 0.6) is 0 Å². The Morgan fingerprint density at radius 3 is 2.83 bits per heavy atom. The topological polar surface area (TPSA) is 94.2 Å². The van der Waals surface area contributed by atoms with Gasteiger partial charge in [0.1, 0.15) is 5.60 Å². The van der Waals surface area contributed by atoms with Gasteiger partial charge in [0.05, 0.1) is 17.9 Å². The van der Waals surface area contributed by atoms with Crippen molar-refractivity contribution in [1.82, 2.24) is 23.8 Å². The summed E-state index contributed by atoms with van der Waals surface area (Å²) in [5.41, 5.74) is -0.203. The van der Waals surface area contributed by atoms with E-state index in [9.17, 15) is 4.79 Å². The fourth-order valence-electron chi connectivity index (χ4n) is 2.92. The Morgan fingerprint density at radius 2 is 2.22 bits per heavy atom. The summed E-state index contributed by atoms with van der Waals surface area (Å²) in [6.07, 6.45) is 5.01. The number of nitrogens with zero attached hydrogens (tertiary/aromatic N) is 5. The molecule has 0 unspecified atom stereocenters. The first-order chi connectivity index (χ1) is 11.2. The molecule has 1 amide bonds. The van der Waals surface area contributed by atoms with Crippen molar-refractivity contribution in [2.45, 2.75) is 37.2 Å². The standard InChI is InChI=1S/C14H17N5O3S/c1-21-14(13-16-11(17-22-13)9-2-3-9)4-6-19(7-5-14)12(20)10-8-15-23-18-10/h8-9H,2-7H2,1H3. The largest absolute Gasteiger partial charge is 0.368 e. The summed E-state index contributed by atoms with van der Waals surface area (Å²) >= 11 is 1.04. The van der Waals surface area contributed by atoms with Crippen LogP contribution in [0.1, 0.15) is 53.8 Å². The van der Waals surface area contributed by atoms with E-state index in [-0.39, 0.29) is 5.91 Å². The Balaban J connectivity index is 1.48. The number of carbonyl (C=O) groups is 1. The Morgan fingerprint density at radius 1 is 1.43 bits per heavy atom. The number of hydrogen-bond acceptors (Lipinski definition) is 8. The van der Waals surface area contributed by atoms with Gasteiger partial charge < -0.3 is 14.2 Å². The summed E-state index contributed by atoms with van der Waals surface area (Å²) in [6, 6.07) is 0. The first kappa shape index (κ1) is 14.7. The van der Waals surface area contributed by atoms with E-state index in [1.807, 2.05) is 0 Å². The number of amides is 1. The molecular weight excluding hydrogens is 318 g/mol. The normalized spacial score (nSPS) is 20.7. The van der Waals surface area contributed by atoms with Gasteiger partial charge in [-0.15, -0.1) is 0 Å². The quantitative estimate of drug-likeness (QED) is 0.837. The van der Waals surface area contributed by atoms with E-state index < -0.39 is 5.60 Å². The molecule has 2 fully saturated rings. The van der Waals surface area contributed by atoms with Crippen LogP contribution < -0.4 is 0 Å². The van der Waals surface area contributed by atoms with Gasteiger partial charge in [0, 0.05) is 39.0 Å². The van der Waals surface area contributed by atoms with E-state index in [2.05, 4.69) is 18.9 Å². The molecule has 4 rings (SSSR count). The molecule has 2 aromatic rings. The van der Waals surface area contributed by atoms with Crippen molar-refractivity contribution in [3.63, 3.8) is 0 Å². The van der Waals surface area contributed by atoms with E-state index in [0.717, 1.165) is 30.4 Å². The van der Waals surface area contributed by atoms with Gasteiger partial charge in [-0.05, 0) is 12.8 Å². The molecule has 122 valence electrons. The number of hydrogen-bond donors (Lipinski definition) is 0. The average molecular weight is 335 g/mol. The second-order valence-corrected chi connectivity index (χ2v) is 6.57. The Kier molecular flexibility index (Phi) is 3.61. The zero-order valence-corrected chi connectivity index (χ0v) is 13.6. The summed E-state index contributed by atoms with van der Waals surface area (Å²) in [5, 5.41) is 4.08. The van der Waals surface area contributed by atoms with E-state index >= 15 is 0 Å². The average Bonchev–Trinajstić information content (AvgIpc) is 3.10. The highest BCUT2D eigenvalue weighted by Crippen LogP contribution is 2.41. The summed E-state index contributed by atoms with van der Waals surface area (Å²) in [4.78, 5) is 18.6.